The van der Waals surface area contributed by atoms with Crippen molar-refractivity contribution < 1.29 is 8.42 Å². The molecule has 2 aromatic carbocycles. The number of nitrogen functional groups attached to an aromatic ring is 1. The number of aryl methyl sites for hydroxylation is 2. The standard InChI is InChI=1S/C14H15BrN2O2S/c1-9-5-12(16)8-13(6-9)20(18,19)17-14-4-3-11(15)7-10(14)2/h3-8,17H,16H2,1-2H3. The molecule has 0 saturated heterocycles. The number of benzene rings is 2. The number of anilines is 2. The second kappa shape index (κ2) is 5.46. The summed E-state index contributed by atoms with van der Waals surface area (Å²) in [6, 6.07) is 10.1. The van der Waals surface area contributed by atoms with Crippen molar-refractivity contribution in [3.63, 3.8) is 0 Å². The zero-order chi connectivity index (χ0) is 14.9. The van der Waals surface area contributed by atoms with E-state index in [1.54, 1.807) is 31.2 Å². The maximum absolute atomic E-state index is 12.4. The van der Waals surface area contributed by atoms with Crippen LogP contribution in [-0.2, 0) is 10.0 Å². The molecule has 2 aromatic rings. The molecule has 0 spiro atoms. The summed E-state index contributed by atoms with van der Waals surface area (Å²) in [7, 11) is -3.64. The van der Waals surface area contributed by atoms with E-state index in [0.717, 1.165) is 15.6 Å². The van der Waals surface area contributed by atoms with Crippen molar-refractivity contribution in [1.82, 2.24) is 0 Å². The molecule has 0 saturated carbocycles. The third-order valence-electron chi connectivity index (χ3n) is 2.82. The molecule has 0 amide bonds. The highest BCUT2D eigenvalue weighted by molar-refractivity contribution is 9.10. The van der Waals surface area contributed by atoms with Crippen LogP contribution in [0.3, 0.4) is 0 Å². The van der Waals surface area contributed by atoms with E-state index in [1.165, 1.54) is 6.07 Å². The molecule has 106 valence electrons. The third kappa shape index (κ3) is 3.32. The average molecular weight is 355 g/mol. The van der Waals surface area contributed by atoms with Gasteiger partial charge in [-0.25, -0.2) is 8.42 Å². The molecule has 0 unspecified atom stereocenters. The Kier molecular flexibility index (Phi) is 4.06. The van der Waals surface area contributed by atoms with Gasteiger partial charge in [-0.3, -0.25) is 4.72 Å². The fourth-order valence-corrected chi connectivity index (χ4v) is 3.62. The van der Waals surface area contributed by atoms with Crippen LogP contribution in [0.2, 0.25) is 0 Å². The Hall–Kier alpha value is -1.53. The number of rotatable bonds is 3. The van der Waals surface area contributed by atoms with Gasteiger partial charge in [-0.1, -0.05) is 15.9 Å². The van der Waals surface area contributed by atoms with E-state index < -0.39 is 10.0 Å². The van der Waals surface area contributed by atoms with Crippen molar-refractivity contribution in [3.8, 4) is 0 Å². The van der Waals surface area contributed by atoms with Gasteiger partial charge in [0.15, 0.2) is 0 Å². The van der Waals surface area contributed by atoms with Crippen LogP contribution in [0.5, 0.6) is 0 Å². The minimum absolute atomic E-state index is 0.164. The van der Waals surface area contributed by atoms with Crippen LogP contribution < -0.4 is 10.5 Å². The summed E-state index contributed by atoms with van der Waals surface area (Å²) in [5.41, 5.74) is 8.32. The Morgan fingerprint density at radius 3 is 2.40 bits per heavy atom. The van der Waals surface area contributed by atoms with Crippen molar-refractivity contribution in [2.24, 2.45) is 0 Å². The lowest BCUT2D eigenvalue weighted by atomic mass is 10.2. The van der Waals surface area contributed by atoms with Crippen molar-refractivity contribution in [1.29, 1.82) is 0 Å². The first-order valence-corrected chi connectivity index (χ1v) is 8.22. The summed E-state index contributed by atoms with van der Waals surface area (Å²) >= 11 is 3.35. The molecule has 0 fully saturated rings. The van der Waals surface area contributed by atoms with E-state index in [-0.39, 0.29) is 4.90 Å². The highest BCUT2D eigenvalue weighted by Crippen LogP contribution is 2.24. The molecule has 4 nitrogen and oxygen atoms in total. The van der Waals surface area contributed by atoms with E-state index in [1.807, 2.05) is 13.0 Å². The summed E-state index contributed by atoms with van der Waals surface area (Å²) in [6.45, 7) is 3.65. The fraction of sp³-hybridized carbons (Fsp3) is 0.143. The first-order valence-electron chi connectivity index (χ1n) is 5.94. The lowest BCUT2D eigenvalue weighted by molar-refractivity contribution is 0.601. The number of nitrogens with one attached hydrogen (secondary N) is 1. The van der Waals surface area contributed by atoms with Crippen LogP contribution in [0.1, 0.15) is 11.1 Å². The molecular weight excluding hydrogens is 340 g/mol. The van der Waals surface area contributed by atoms with Crippen LogP contribution in [0.25, 0.3) is 0 Å². The minimum Gasteiger partial charge on any atom is -0.399 e. The molecule has 0 aliphatic rings. The SMILES string of the molecule is Cc1cc(N)cc(S(=O)(=O)Nc2ccc(Br)cc2C)c1. The summed E-state index contributed by atoms with van der Waals surface area (Å²) in [6.07, 6.45) is 0. The Bertz CT molecular complexity index is 738. The monoisotopic (exact) mass is 354 g/mol. The van der Waals surface area contributed by atoms with Crippen LogP contribution in [-0.4, -0.2) is 8.42 Å². The molecule has 0 heterocycles. The second-order valence-electron chi connectivity index (χ2n) is 4.64. The minimum atomic E-state index is -3.64. The molecule has 6 heteroatoms. The first-order chi connectivity index (χ1) is 9.28. The highest BCUT2D eigenvalue weighted by Gasteiger charge is 2.16. The molecule has 2 rings (SSSR count). The van der Waals surface area contributed by atoms with Gasteiger partial charge in [0.25, 0.3) is 10.0 Å². The molecule has 0 aromatic heterocycles. The maximum Gasteiger partial charge on any atom is 0.261 e. The number of hydrogen-bond donors (Lipinski definition) is 2. The molecule has 0 atom stereocenters. The highest BCUT2D eigenvalue weighted by atomic mass is 79.9. The number of sulfonamides is 1. The van der Waals surface area contributed by atoms with E-state index >= 15 is 0 Å². The van der Waals surface area contributed by atoms with Gasteiger partial charge in [0.2, 0.25) is 0 Å². The molecule has 0 aliphatic heterocycles. The van der Waals surface area contributed by atoms with Crippen molar-refractivity contribution >= 4 is 37.3 Å². The Labute approximate surface area is 127 Å². The Morgan fingerprint density at radius 1 is 1.10 bits per heavy atom. The van der Waals surface area contributed by atoms with Crippen LogP contribution in [0.15, 0.2) is 45.8 Å². The average Bonchev–Trinajstić information content (AvgIpc) is 2.31. The maximum atomic E-state index is 12.4. The van der Waals surface area contributed by atoms with Gasteiger partial charge in [0.1, 0.15) is 0 Å². The summed E-state index contributed by atoms with van der Waals surface area (Å²) in [4.78, 5) is 0.164. The summed E-state index contributed by atoms with van der Waals surface area (Å²) in [5.74, 6) is 0. The summed E-state index contributed by atoms with van der Waals surface area (Å²) in [5, 5.41) is 0. The number of hydrogen-bond acceptors (Lipinski definition) is 3. The smallest absolute Gasteiger partial charge is 0.261 e. The predicted molar refractivity (Wildman–Crippen MR) is 85.3 cm³/mol. The van der Waals surface area contributed by atoms with Gasteiger partial charge in [-0.15, -0.1) is 0 Å². The second-order valence-corrected chi connectivity index (χ2v) is 7.24. The molecule has 0 aliphatic carbocycles. The van der Waals surface area contributed by atoms with Gasteiger partial charge in [-0.2, -0.15) is 0 Å². The normalized spacial score (nSPS) is 11.3. The van der Waals surface area contributed by atoms with Gasteiger partial charge in [0, 0.05) is 10.2 Å². The molecular formula is C14H15BrN2O2S. The number of nitrogens with two attached hydrogens (primary N) is 1. The number of halogens is 1. The lowest BCUT2D eigenvalue weighted by Gasteiger charge is -2.12. The fourth-order valence-electron chi connectivity index (χ4n) is 1.88. The first kappa shape index (κ1) is 14.9. The van der Waals surface area contributed by atoms with E-state index in [0.29, 0.717) is 11.4 Å². The van der Waals surface area contributed by atoms with E-state index in [2.05, 4.69) is 20.7 Å². The van der Waals surface area contributed by atoms with Gasteiger partial charge in [0.05, 0.1) is 10.6 Å². The topological polar surface area (TPSA) is 72.2 Å². The quantitative estimate of drug-likeness (QED) is 0.829. The molecule has 3 N–H and O–H groups in total. The van der Waals surface area contributed by atoms with Crippen molar-refractivity contribution in [2.45, 2.75) is 18.7 Å². The molecule has 0 bridgehead atoms. The predicted octanol–water partition coefficient (Wildman–Crippen LogP) is 3.45. The largest absolute Gasteiger partial charge is 0.399 e. The zero-order valence-corrected chi connectivity index (χ0v) is 13.5. The van der Waals surface area contributed by atoms with E-state index in [4.69, 9.17) is 5.73 Å². The lowest BCUT2D eigenvalue weighted by Crippen LogP contribution is -2.14. The van der Waals surface area contributed by atoms with Gasteiger partial charge < -0.3 is 5.73 Å². The van der Waals surface area contributed by atoms with Crippen molar-refractivity contribution in [2.75, 3.05) is 10.5 Å². The molecule has 0 radical (unpaired) electrons. The van der Waals surface area contributed by atoms with Gasteiger partial charge in [-0.05, 0) is 61.4 Å². The Balaban J connectivity index is 2.40. The molecule has 20 heavy (non-hydrogen) atoms. The third-order valence-corrected chi connectivity index (χ3v) is 4.65. The van der Waals surface area contributed by atoms with Crippen molar-refractivity contribution in [3.05, 3.63) is 52.0 Å². The zero-order valence-electron chi connectivity index (χ0n) is 11.1. The Morgan fingerprint density at radius 2 is 1.80 bits per heavy atom. The van der Waals surface area contributed by atoms with Gasteiger partial charge >= 0.3 is 0 Å². The van der Waals surface area contributed by atoms with Crippen LogP contribution in [0.4, 0.5) is 11.4 Å². The summed E-state index contributed by atoms with van der Waals surface area (Å²) < 4.78 is 28.2. The van der Waals surface area contributed by atoms with Crippen LogP contribution in [0, 0.1) is 13.8 Å². The van der Waals surface area contributed by atoms with E-state index in [9.17, 15) is 8.42 Å². The van der Waals surface area contributed by atoms with Crippen LogP contribution >= 0.6 is 15.9 Å².